The first-order valence-corrected chi connectivity index (χ1v) is 10.3. The average molecular weight is 418 g/mol. The van der Waals surface area contributed by atoms with E-state index in [1.54, 1.807) is 60.7 Å². The number of aromatic hydroxyl groups is 1. The number of nitrogens with zero attached hydrogens (tertiary/aromatic N) is 2. The van der Waals surface area contributed by atoms with Gasteiger partial charge in [0.05, 0.1) is 6.21 Å². The maximum Gasteiger partial charge on any atom is 0.281 e. The number of aliphatic hydroxyl groups is 1. The topological polar surface area (TPSA) is 85.2 Å². The Bertz CT molecular complexity index is 993. The molecule has 6 heteroatoms. The number of carbonyl (C=O) groups is 1. The van der Waals surface area contributed by atoms with Gasteiger partial charge >= 0.3 is 0 Å². The minimum absolute atomic E-state index is 0.0591. The number of benzene rings is 3. The van der Waals surface area contributed by atoms with E-state index in [2.05, 4.69) is 15.4 Å². The zero-order chi connectivity index (χ0) is 22.3. The lowest BCUT2D eigenvalue weighted by molar-refractivity contribution is -0.136. The van der Waals surface area contributed by atoms with Crippen molar-refractivity contribution in [3.8, 4) is 5.75 Å². The van der Waals surface area contributed by atoms with Gasteiger partial charge in [-0.05, 0) is 37.1 Å². The summed E-state index contributed by atoms with van der Waals surface area (Å²) in [5.41, 5.74) is 2.73. The predicted octanol–water partition coefficient (Wildman–Crippen LogP) is 3.62. The van der Waals surface area contributed by atoms with Crippen molar-refractivity contribution in [2.24, 2.45) is 5.10 Å². The Hall–Kier alpha value is -3.64. The standard InChI is InChI=1S/C25H27N3O3/c1-3-28(4-2)22-16-15-19(23(29)17-22)18-26-27-24(30)25(31,20-11-7-5-8-12-20)21-13-9-6-10-14-21/h5-18,29,31H,3-4H2,1-2H3,(H,27,30). The third kappa shape index (κ3) is 4.75. The molecule has 0 saturated heterocycles. The molecule has 3 aromatic rings. The van der Waals surface area contributed by atoms with Crippen molar-refractivity contribution in [2.75, 3.05) is 18.0 Å². The van der Waals surface area contributed by atoms with Crippen LogP contribution in [-0.2, 0) is 10.4 Å². The fourth-order valence-electron chi connectivity index (χ4n) is 3.46. The highest BCUT2D eigenvalue weighted by molar-refractivity contribution is 5.91. The van der Waals surface area contributed by atoms with Crippen LogP contribution in [0.2, 0.25) is 0 Å². The van der Waals surface area contributed by atoms with Crippen molar-refractivity contribution in [1.29, 1.82) is 0 Å². The van der Waals surface area contributed by atoms with Gasteiger partial charge in [0.15, 0.2) is 5.60 Å². The molecule has 6 nitrogen and oxygen atoms in total. The number of hydrogen-bond donors (Lipinski definition) is 3. The van der Waals surface area contributed by atoms with Crippen molar-refractivity contribution >= 4 is 17.8 Å². The van der Waals surface area contributed by atoms with Crippen LogP contribution in [0.1, 0.15) is 30.5 Å². The van der Waals surface area contributed by atoms with Gasteiger partial charge in [0.2, 0.25) is 0 Å². The molecule has 1 amide bonds. The third-order valence-corrected chi connectivity index (χ3v) is 5.22. The first-order valence-electron chi connectivity index (χ1n) is 10.3. The normalized spacial score (nSPS) is 11.5. The van der Waals surface area contributed by atoms with Crippen molar-refractivity contribution in [1.82, 2.24) is 5.43 Å². The van der Waals surface area contributed by atoms with Crippen LogP contribution in [0.25, 0.3) is 0 Å². The SMILES string of the molecule is CCN(CC)c1ccc(C=NNC(=O)C(O)(c2ccccc2)c2ccccc2)c(O)c1. The minimum atomic E-state index is -1.91. The van der Waals surface area contributed by atoms with Crippen molar-refractivity contribution in [3.63, 3.8) is 0 Å². The summed E-state index contributed by atoms with van der Waals surface area (Å²) in [5.74, 6) is -0.635. The van der Waals surface area contributed by atoms with E-state index in [1.165, 1.54) is 6.21 Å². The van der Waals surface area contributed by atoms with Gasteiger partial charge in [-0.2, -0.15) is 5.10 Å². The van der Waals surface area contributed by atoms with E-state index < -0.39 is 11.5 Å². The van der Waals surface area contributed by atoms with E-state index in [4.69, 9.17) is 0 Å². The summed E-state index contributed by atoms with van der Waals surface area (Å²) in [6.07, 6.45) is 1.36. The molecule has 3 rings (SSSR count). The second-order valence-electron chi connectivity index (χ2n) is 7.06. The van der Waals surface area contributed by atoms with Crippen LogP contribution in [0, 0.1) is 0 Å². The molecule has 0 aromatic heterocycles. The van der Waals surface area contributed by atoms with Gasteiger partial charge in [-0.15, -0.1) is 0 Å². The molecule has 0 unspecified atom stereocenters. The highest BCUT2D eigenvalue weighted by Gasteiger charge is 2.39. The fourth-order valence-corrected chi connectivity index (χ4v) is 3.46. The van der Waals surface area contributed by atoms with E-state index >= 15 is 0 Å². The lowest BCUT2D eigenvalue weighted by atomic mass is 9.85. The van der Waals surface area contributed by atoms with Crippen LogP contribution in [0.4, 0.5) is 5.69 Å². The van der Waals surface area contributed by atoms with Gasteiger partial charge in [-0.3, -0.25) is 4.79 Å². The molecule has 0 spiro atoms. The van der Waals surface area contributed by atoms with Gasteiger partial charge in [0, 0.05) is 30.4 Å². The third-order valence-electron chi connectivity index (χ3n) is 5.22. The lowest BCUT2D eigenvalue weighted by Crippen LogP contribution is -2.43. The van der Waals surface area contributed by atoms with Gasteiger partial charge < -0.3 is 15.1 Å². The molecule has 0 aliphatic rings. The first kappa shape index (κ1) is 22.1. The summed E-state index contributed by atoms with van der Waals surface area (Å²) in [6.45, 7) is 5.76. The average Bonchev–Trinajstić information content (AvgIpc) is 2.81. The first-order chi connectivity index (χ1) is 15.0. The van der Waals surface area contributed by atoms with Crippen LogP contribution in [0.15, 0.2) is 84.0 Å². The molecule has 0 heterocycles. The Kier molecular flexibility index (Phi) is 7.05. The summed E-state index contributed by atoms with van der Waals surface area (Å²) in [5, 5.41) is 25.7. The summed E-state index contributed by atoms with van der Waals surface area (Å²) in [7, 11) is 0. The van der Waals surface area contributed by atoms with Gasteiger partial charge in [-0.1, -0.05) is 60.7 Å². The Balaban J connectivity index is 1.83. The van der Waals surface area contributed by atoms with E-state index in [9.17, 15) is 15.0 Å². The van der Waals surface area contributed by atoms with E-state index in [1.807, 2.05) is 32.0 Å². The molecular formula is C25H27N3O3. The van der Waals surface area contributed by atoms with E-state index in [0.717, 1.165) is 18.8 Å². The fraction of sp³-hybridized carbons (Fsp3) is 0.200. The largest absolute Gasteiger partial charge is 0.507 e. The number of hydrazone groups is 1. The molecule has 0 fully saturated rings. The Morgan fingerprint density at radius 1 is 0.968 bits per heavy atom. The lowest BCUT2D eigenvalue weighted by Gasteiger charge is -2.27. The molecule has 0 saturated carbocycles. The van der Waals surface area contributed by atoms with Crippen LogP contribution < -0.4 is 10.3 Å². The molecule has 0 aliphatic carbocycles. The number of phenols is 1. The molecule has 160 valence electrons. The van der Waals surface area contributed by atoms with Gasteiger partial charge in [0.25, 0.3) is 5.91 Å². The second-order valence-corrected chi connectivity index (χ2v) is 7.06. The van der Waals surface area contributed by atoms with Crippen LogP contribution in [0.3, 0.4) is 0 Å². The molecule has 31 heavy (non-hydrogen) atoms. The van der Waals surface area contributed by atoms with E-state index in [-0.39, 0.29) is 5.75 Å². The van der Waals surface area contributed by atoms with Crippen molar-refractivity contribution in [2.45, 2.75) is 19.4 Å². The van der Waals surface area contributed by atoms with Crippen molar-refractivity contribution in [3.05, 3.63) is 95.6 Å². The second kappa shape index (κ2) is 9.91. The Morgan fingerprint density at radius 2 is 1.52 bits per heavy atom. The summed E-state index contributed by atoms with van der Waals surface area (Å²) in [4.78, 5) is 15.1. The van der Waals surface area contributed by atoms with Gasteiger partial charge in [0.1, 0.15) is 5.75 Å². The minimum Gasteiger partial charge on any atom is -0.507 e. The van der Waals surface area contributed by atoms with Crippen molar-refractivity contribution < 1.29 is 15.0 Å². The number of anilines is 1. The number of hydrogen-bond acceptors (Lipinski definition) is 5. The monoisotopic (exact) mass is 417 g/mol. The number of phenolic OH excluding ortho intramolecular Hbond substituents is 1. The zero-order valence-corrected chi connectivity index (χ0v) is 17.7. The number of amides is 1. The van der Waals surface area contributed by atoms with Crippen LogP contribution in [-0.4, -0.2) is 35.4 Å². The molecule has 0 radical (unpaired) electrons. The Morgan fingerprint density at radius 3 is 2.00 bits per heavy atom. The Labute approximate surface area is 182 Å². The number of rotatable bonds is 8. The quantitative estimate of drug-likeness (QED) is 0.386. The maximum atomic E-state index is 13.0. The highest BCUT2D eigenvalue weighted by atomic mass is 16.3. The molecular weight excluding hydrogens is 390 g/mol. The molecule has 3 N–H and O–H groups in total. The zero-order valence-electron chi connectivity index (χ0n) is 17.7. The molecule has 0 atom stereocenters. The molecule has 0 aliphatic heterocycles. The smallest absolute Gasteiger partial charge is 0.281 e. The van der Waals surface area contributed by atoms with Crippen LogP contribution >= 0.6 is 0 Å². The molecule has 0 bridgehead atoms. The van der Waals surface area contributed by atoms with Crippen LogP contribution in [0.5, 0.6) is 5.75 Å². The number of carbonyl (C=O) groups excluding carboxylic acids is 1. The summed E-state index contributed by atoms with van der Waals surface area (Å²) < 4.78 is 0. The van der Waals surface area contributed by atoms with E-state index in [0.29, 0.717) is 16.7 Å². The summed E-state index contributed by atoms with van der Waals surface area (Å²) in [6, 6.07) is 22.7. The maximum absolute atomic E-state index is 13.0. The summed E-state index contributed by atoms with van der Waals surface area (Å²) >= 11 is 0. The van der Waals surface area contributed by atoms with Gasteiger partial charge in [-0.25, -0.2) is 5.43 Å². The highest BCUT2D eigenvalue weighted by Crippen LogP contribution is 2.30. The molecule has 3 aromatic carbocycles. The predicted molar refractivity (Wildman–Crippen MR) is 123 cm³/mol. The number of nitrogens with one attached hydrogen (secondary N) is 1.